The molecule has 3 rings (SSSR count). The van der Waals surface area contributed by atoms with Crippen LogP contribution in [0.3, 0.4) is 0 Å². The number of hydrogen-bond donors (Lipinski definition) is 1. The van der Waals surface area contributed by atoms with Crippen molar-refractivity contribution < 1.29 is 9.59 Å². The molecule has 1 aliphatic heterocycles. The number of aromatic nitrogens is 2. The Hall–Kier alpha value is -2.70. The van der Waals surface area contributed by atoms with E-state index in [4.69, 9.17) is 0 Å². The molecule has 27 heavy (non-hydrogen) atoms. The van der Waals surface area contributed by atoms with Crippen LogP contribution in [0.25, 0.3) is 10.9 Å². The standard InChI is InChI=1S/C20H26N4O3/c1-15-6-2-7-16-19(15)22-14-24(20(16)27)12-3-8-17(25)21-10-5-13-23-11-4-9-18(23)26/h2,6-7,14H,3-5,8-13H2,1H3,(H,21,25). The lowest BCUT2D eigenvalue weighted by Gasteiger charge is -2.15. The SMILES string of the molecule is Cc1cccc2c(=O)n(CCCC(=O)NCCCN3CCCC3=O)cnc12. The predicted octanol–water partition coefficient (Wildman–Crippen LogP) is 1.61. The lowest BCUT2D eigenvalue weighted by molar-refractivity contribution is -0.127. The Balaban J connectivity index is 1.41. The van der Waals surface area contributed by atoms with Crippen LogP contribution in [0.15, 0.2) is 29.3 Å². The maximum Gasteiger partial charge on any atom is 0.261 e. The van der Waals surface area contributed by atoms with Gasteiger partial charge in [-0.2, -0.15) is 0 Å². The third-order valence-corrected chi connectivity index (χ3v) is 4.96. The minimum Gasteiger partial charge on any atom is -0.356 e. The predicted molar refractivity (Wildman–Crippen MR) is 103 cm³/mol. The highest BCUT2D eigenvalue weighted by Gasteiger charge is 2.19. The van der Waals surface area contributed by atoms with Crippen molar-refractivity contribution in [2.24, 2.45) is 0 Å². The zero-order valence-electron chi connectivity index (χ0n) is 15.7. The molecule has 7 nitrogen and oxygen atoms in total. The van der Waals surface area contributed by atoms with Crippen molar-refractivity contribution >= 4 is 22.7 Å². The molecule has 0 unspecified atom stereocenters. The Morgan fingerprint density at radius 2 is 2.07 bits per heavy atom. The highest BCUT2D eigenvalue weighted by molar-refractivity contribution is 5.80. The molecule has 0 atom stereocenters. The van der Waals surface area contributed by atoms with Gasteiger partial charge in [-0.15, -0.1) is 0 Å². The molecule has 1 aliphatic rings. The van der Waals surface area contributed by atoms with Gasteiger partial charge in [0.25, 0.3) is 5.56 Å². The van der Waals surface area contributed by atoms with Crippen LogP contribution in [-0.2, 0) is 16.1 Å². The van der Waals surface area contributed by atoms with Crippen molar-refractivity contribution in [3.63, 3.8) is 0 Å². The Kier molecular flexibility index (Phi) is 6.21. The molecule has 1 N–H and O–H groups in total. The lowest BCUT2D eigenvalue weighted by Crippen LogP contribution is -2.30. The first-order valence-corrected chi connectivity index (χ1v) is 9.55. The molecular formula is C20H26N4O3. The number of fused-ring (bicyclic) bond motifs is 1. The van der Waals surface area contributed by atoms with Crippen LogP contribution in [0.5, 0.6) is 0 Å². The van der Waals surface area contributed by atoms with Gasteiger partial charge >= 0.3 is 0 Å². The molecule has 2 amide bonds. The summed E-state index contributed by atoms with van der Waals surface area (Å²) in [6.45, 7) is 4.51. The van der Waals surface area contributed by atoms with Crippen LogP contribution in [0.1, 0.15) is 37.7 Å². The largest absolute Gasteiger partial charge is 0.356 e. The van der Waals surface area contributed by atoms with Gasteiger partial charge in [-0.3, -0.25) is 19.0 Å². The number of nitrogens with one attached hydrogen (secondary N) is 1. The van der Waals surface area contributed by atoms with E-state index < -0.39 is 0 Å². The summed E-state index contributed by atoms with van der Waals surface area (Å²) in [6, 6.07) is 5.57. The molecule has 0 radical (unpaired) electrons. The minimum absolute atomic E-state index is 0.0274. The smallest absolute Gasteiger partial charge is 0.261 e. The van der Waals surface area contributed by atoms with Crippen LogP contribution in [0.2, 0.25) is 0 Å². The molecular weight excluding hydrogens is 344 g/mol. The van der Waals surface area contributed by atoms with Gasteiger partial charge in [0.05, 0.1) is 17.2 Å². The van der Waals surface area contributed by atoms with E-state index in [9.17, 15) is 14.4 Å². The quantitative estimate of drug-likeness (QED) is 0.716. The number of nitrogens with zero attached hydrogens (tertiary/aromatic N) is 3. The van der Waals surface area contributed by atoms with Crippen LogP contribution < -0.4 is 10.9 Å². The van der Waals surface area contributed by atoms with Crippen molar-refractivity contribution in [3.05, 3.63) is 40.4 Å². The number of hydrogen-bond acceptors (Lipinski definition) is 4. The Bertz CT molecular complexity index is 890. The number of carbonyl (C=O) groups is 2. The van der Waals surface area contributed by atoms with E-state index in [1.165, 1.54) is 0 Å². The first kappa shape index (κ1) is 19.1. The Morgan fingerprint density at radius 3 is 2.85 bits per heavy atom. The summed E-state index contributed by atoms with van der Waals surface area (Å²) >= 11 is 0. The molecule has 0 saturated carbocycles. The average molecular weight is 370 g/mol. The summed E-state index contributed by atoms with van der Waals surface area (Å²) in [5.41, 5.74) is 1.64. The number of likely N-dealkylation sites (tertiary alicyclic amines) is 1. The summed E-state index contributed by atoms with van der Waals surface area (Å²) in [5, 5.41) is 3.49. The van der Waals surface area contributed by atoms with Gasteiger partial charge in [-0.1, -0.05) is 12.1 Å². The number of aryl methyl sites for hydroxylation is 2. The highest BCUT2D eigenvalue weighted by Crippen LogP contribution is 2.11. The second kappa shape index (κ2) is 8.79. The number of benzene rings is 1. The van der Waals surface area contributed by atoms with Crippen molar-refractivity contribution in [1.82, 2.24) is 19.8 Å². The molecule has 144 valence electrons. The molecule has 0 bridgehead atoms. The molecule has 2 heterocycles. The van der Waals surface area contributed by atoms with Gasteiger partial charge in [-0.25, -0.2) is 4.98 Å². The van der Waals surface area contributed by atoms with Crippen LogP contribution >= 0.6 is 0 Å². The first-order chi connectivity index (χ1) is 13.1. The fraction of sp³-hybridized carbons (Fsp3) is 0.500. The fourth-order valence-corrected chi connectivity index (χ4v) is 3.43. The van der Waals surface area contributed by atoms with E-state index in [0.717, 1.165) is 30.5 Å². The summed E-state index contributed by atoms with van der Waals surface area (Å²) in [4.78, 5) is 42.2. The molecule has 1 fully saturated rings. The van der Waals surface area contributed by atoms with Gasteiger partial charge in [0.15, 0.2) is 0 Å². The lowest BCUT2D eigenvalue weighted by atomic mass is 10.1. The Morgan fingerprint density at radius 1 is 1.22 bits per heavy atom. The zero-order valence-corrected chi connectivity index (χ0v) is 15.7. The van der Waals surface area contributed by atoms with Gasteiger partial charge in [-0.05, 0) is 37.8 Å². The number of para-hydroxylation sites is 1. The normalized spacial score (nSPS) is 14.1. The van der Waals surface area contributed by atoms with Crippen molar-refractivity contribution in [1.29, 1.82) is 0 Å². The first-order valence-electron chi connectivity index (χ1n) is 9.55. The topological polar surface area (TPSA) is 84.3 Å². The summed E-state index contributed by atoms with van der Waals surface area (Å²) in [5.74, 6) is 0.186. The second-order valence-electron chi connectivity index (χ2n) is 7.01. The van der Waals surface area contributed by atoms with E-state index >= 15 is 0 Å². The maximum absolute atomic E-state index is 12.5. The summed E-state index contributed by atoms with van der Waals surface area (Å²) in [7, 11) is 0. The molecule has 1 aromatic carbocycles. The van der Waals surface area contributed by atoms with E-state index in [1.54, 1.807) is 17.0 Å². The monoisotopic (exact) mass is 370 g/mol. The van der Waals surface area contributed by atoms with E-state index in [0.29, 0.717) is 44.3 Å². The van der Waals surface area contributed by atoms with Gasteiger partial charge < -0.3 is 10.2 Å². The number of carbonyl (C=O) groups excluding carboxylic acids is 2. The zero-order chi connectivity index (χ0) is 19.2. The molecule has 0 spiro atoms. The van der Waals surface area contributed by atoms with Crippen LogP contribution in [0.4, 0.5) is 0 Å². The highest BCUT2D eigenvalue weighted by atomic mass is 16.2. The molecule has 2 aromatic rings. The number of amides is 2. The molecule has 7 heteroatoms. The summed E-state index contributed by atoms with van der Waals surface area (Å²) < 4.78 is 1.56. The van der Waals surface area contributed by atoms with Crippen LogP contribution in [-0.4, -0.2) is 45.9 Å². The third-order valence-electron chi connectivity index (χ3n) is 4.96. The van der Waals surface area contributed by atoms with Gasteiger partial charge in [0.1, 0.15) is 0 Å². The minimum atomic E-state index is -0.0700. The van der Waals surface area contributed by atoms with E-state index in [2.05, 4.69) is 10.3 Å². The van der Waals surface area contributed by atoms with E-state index in [1.807, 2.05) is 24.0 Å². The van der Waals surface area contributed by atoms with Crippen molar-refractivity contribution in [2.45, 2.75) is 45.6 Å². The van der Waals surface area contributed by atoms with Crippen LogP contribution in [0, 0.1) is 6.92 Å². The Labute approximate surface area is 158 Å². The third kappa shape index (κ3) is 4.72. The fourth-order valence-electron chi connectivity index (χ4n) is 3.43. The van der Waals surface area contributed by atoms with Crippen molar-refractivity contribution in [2.75, 3.05) is 19.6 Å². The molecule has 0 aliphatic carbocycles. The summed E-state index contributed by atoms with van der Waals surface area (Å²) in [6.07, 6.45) is 4.85. The molecule has 1 aromatic heterocycles. The van der Waals surface area contributed by atoms with Gasteiger partial charge in [0.2, 0.25) is 11.8 Å². The maximum atomic E-state index is 12.5. The molecule has 1 saturated heterocycles. The average Bonchev–Trinajstić information content (AvgIpc) is 3.06. The number of rotatable bonds is 8. The second-order valence-corrected chi connectivity index (χ2v) is 7.01. The van der Waals surface area contributed by atoms with E-state index in [-0.39, 0.29) is 17.4 Å². The van der Waals surface area contributed by atoms with Crippen molar-refractivity contribution in [3.8, 4) is 0 Å². The van der Waals surface area contributed by atoms with Gasteiger partial charge in [0, 0.05) is 39.0 Å².